The Hall–Kier alpha value is -5.63. The van der Waals surface area contributed by atoms with Gasteiger partial charge in [-0.1, -0.05) is 115 Å². The van der Waals surface area contributed by atoms with Crippen LogP contribution in [0.3, 0.4) is 0 Å². The first-order chi connectivity index (χ1) is 22.7. The van der Waals surface area contributed by atoms with Crippen molar-refractivity contribution >= 4 is 61.5 Å². The molecule has 0 saturated heterocycles. The van der Waals surface area contributed by atoms with Crippen LogP contribution in [0.5, 0.6) is 0 Å². The molecule has 0 saturated carbocycles. The van der Waals surface area contributed by atoms with Crippen molar-refractivity contribution in [2.75, 3.05) is 0 Å². The molecule has 1 aliphatic rings. The summed E-state index contributed by atoms with van der Waals surface area (Å²) in [6.07, 6.45) is 0. The number of fused-ring (bicyclic) bond motifs is 8. The fourth-order valence-electron chi connectivity index (χ4n) is 7.64. The Labute approximate surface area is 266 Å². The average molecular weight is 607 g/mol. The van der Waals surface area contributed by atoms with Crippen molar-refractivity contribution in [3.63, 3.8) is 0 Å². The van der Waals surface area contributed by atoms with Crippen molar-refractivity contribution in [3.05, 3.63) is 164 Å². The van der Waals surface area contributed by atoms with Crippen LogP contribution in [-0.4, -0.2) is 8.90 Å². The van der Waals surface area contributed by atoms with Crippen LogP contribution in [0.4, 0.5) is 0 Å². The van der Waals surface area contributed by atoms with Crippen LogP contribution in [0, 0.1) is 0 Å². The number of hydrogen-bond acceptors (Lipinski definition) is 1. The Bertz CT molecular complexity index is 2710. The van der Waals surface area contributed by atoms with Gasteiger partial charge in [-0.15, -0.1) is 0 Å². The molecule has 1 aliphatic heterocycles. The molecule has 9 aromatic rings. The normalized spacial score (nSPS) is 15.6. The van der Waals surface area contributed by atoms with Crippen LogP contribution < -0.4 is 10.6 Å². The SMILES string of the molecule is O=P1(c2ccccc2)c2ccccc2-n2c3ccc(-c4ccccc4)cc3c3ccc4c5cc(-c6ccccc6)ccc5n1c4c32. The van der Waals surface area contributed by atoms with E-state index >= 15 is 4.57 Å². The van der Waals surface area contributed by atoms with Gasteiger partial charge in [0, 0.05) is 26.8 Å². The maximum atomic E-state index is 16.3. The second-order valence-corrected chi connectivity index (χ2v) is 14.7. The molecule has 0 N–H and O–H groups in total. The molecule has 0 spiro atoms. The Morgan fingerprint density at radius 2 is 0.935 bits per heavy atom. The number of hydrogen-bond donors (Lipinski definition) is 0. The van der Waals surface area contributed by atoms with Gasteiger partial charge < -0.3 is 4.57 Å². The molecular weight excluding hydrogens is 579 g/mol. The lowest BCUT2D eigenvalue weighted by Gasteiger charge is -2.23. The van der Waals surface area contributed by atoms with Gasteiger partial charge in [0.15, 0.2) is 0 Å². The van der Waals surface area contributed by atoms with E-state index in [1.165, 1.54) is 16.5 Å². The summed E-state index contributed by atoms with van der Waals surface area (Å²) in [5, 5.41) is 6.23. The molecule has 4 heteroatoms. The summed E-state index contributed by atoms with van der Waals surface area (Å²) in [7, 11) is -3.41. The fraction of sp³-hybridized carbons (Fsp3) is 0. The quantitative estimate of drug-likeness (QED) is 0.184. The summed E-state index contributed by atoms with van der Waals surface area (Å²) >= 11 is 0. The van der Waals surface area contributed by atoms with E-state index in [1.54, 1.807) is 0 Å². The summed E-state index contributed by atoms with van der Waals surface area (Å²) in [6.45, 7) is 0. The molecule has 2 aromatic heterocycles. The highest BCUT2D eigenvalue weighted by Crippen LogP contribution is 2.56. The highest BCUT2D eigenvalue weighted by atomic mass is 31.2. The number of benzene rings is 7. The predicted molar refractivity (Wildman–Crippen MR) is 193 cm³/mol. The summed E-state index contributed by atoms with van der Waals surface area (Å²) in [5.41, 5.74) is 9.84. The van der Waals surface area contributed by atoms with Crippen molar-refractivity contribution in [1.29, 1.82) is 0 Å². The molecule has 0 fully saturated rings. The predicted octanol–water partition coefficient (Wildman–Crippen LogP) is 10.3. The number of rotatable bonds is 3. The number of aromatic nitrogens is 2. The van der Waals surface area contributed by atoms with E-state index in [-0.39, 0.29) is 0 Å². The number of nitrogens with zero attached hydrogens (tertiary/aromatic N) is 2. The van der Waals surface area contributed by atoms with Crippen molar-refractivity contribution in [2.45, 2.75) is 0 Å². The highest BCUT2D eigenvalue weighted by molar-refractivity contribution is 7.78. The lowest BCUT2D eigenvalue weighted by atomic mass is 10.0. The molecule has 1 unspecified atom stereocenters. The maximum Gasteiger partial charge on any atom is 0.236 e. The van der Waals surface area contributed by atoms with Gasteiger partial charge in [-0.3, -0.25) is 8.90 Å². The van der Waals surface area contributed by atoms with E-state index in [0.29, 0.717) is 0 Å². The van der Waals surface area contributed by atoms with E-state index in [1.807, 2.05) is 42.5 Å². The minimum Gasteiger partial charge on any atom is -0.306 e. The van der Waals surface area contributed by atoms with Gasteiger partial charge in [0.25, 0.3) is 0 Å². The molecule has 10 rings (SSSR count). The lowest BCUT2D eigenvalue weighted by Crippen LogP contribution is -2.23. The lowest BCUT2D eigenvalue weighted by molar-refractivity contribution is 0.583. The summed E-state index contributed by atoms with van der Waals surface area (Å²) < 4.78 is 20.9. The van der Waals surface area contributed by atoms with Gasteiger partial charge in [-0.05, 0) is 70.8 Å². The van der Waals surface area contributed by atoms with Crippen molar-refractivity contribution in [1.82, 2.24) is 8.90 Å². The van der Waals surface area contributed by atoms with Crippen molar-refractivity contribution in [3.8, 4) is 27.9 Å². The van der Waals surface area contributed by atoms with Gasteiger partial charge in [-0.25, -0.2) is 0 Å². The zero-order chi connectivity index (χ0) is 30.4. The first kappa shape index (κ1) is 25.7. The van der Waals surface area contributed by atoms with E-state index in [0.717, 1.165) is 65.6 Å². The van der Waals surface area contributed by atoms with Crippen LogP contribution in [0.2, 0.25) is 0 Å². The fourth-order valence-corrected chi connectivity index (χ4v) is 10.7. The molecular formula is C42H27N2OP. The van der Waals surface area contributed by atoms with Crippen LogP contribution in [0.1, 0.15) is 0 Å². The molecule has 7 aromatic carbocycles. The standard InChI is InChI=1S/C42H27N2OP/c45-46(32-16-8-3-9-17-32)40-19-11-10-18-39(40)43-37-24-20-30(28-12-4-1-5-13-28)26-35(37)33-22-23-34-36-27-31(29-14-6-2-7-15-29)21-25-38(36)44(46)42(34)41(33)43/h1-27H. The van der Waals surface area contributed by atoms with E-state index in [9.17, 15) is 0 Å². The monoisotopic (exact) mass is 606 g/mol. The van der Waals surface area contributed by atoms with Gasteiger partial charge in [-0.2, -0.15) is 0 Å². The van der Waals surface area contributed by atoms with Crippen molar-refractivity contribution in [2.24, 2.45) is 0 Å². The van der Waals surface area contributed by atoms with Gasteiger partial charge in [0.1, 0.15) is 0 Å². The van der Waals surface area contributed by atoms with Crippen molar-refractivity contribution < 1.29 is 4.57 Å². The molecule has 0 bridgehead atoms. The first-order valence-electron chi connectivity index (χ1n) is 15.6. The zero-order valence-corrected chi connectivity index (χ0v) is 25.7. The topological polar surface area (TPSA) is 26.9 Å². The molecule has 3 heterocycles. The van der Waals surface area contributed by atoms with Crippen LogP contribution in [0.15, 0.2) is 164 Å². The minimum atomic E-state index is -3.41. The smallest absolute Gasteiger partial charge is 0.236 e. The van der Waals surface area contributed by atoms with E-state index in [2.05, 4.69) is 130 Å². The summed E-state index contributed by atoms with van der Waals surface area (Å²) in [6, 6.07) is 57.3. The van der Waals surface area contributed by atoms with Gasteiger partial charge in [0.2, 0.25) is 7.29 Å². The van der Waals surface area contributed by atoms with E-state index in [4.69, 9.17) is 0 Å². The first-order valence-corrected chi connectivity index (χ1v) is 17.3. The van der Waals surface area contributed by atoms with Gasteiger partial charge in [0.05, 0.1) is 33.1 Å². The van der Waals surface area contributed by atoms with Crippen LogP contribution in [0.25, 0.3) is 71.6 Å². The third-order valence-corrected chi connectivity index (χ3v) is 12.7. The second kappa shape index (κ2) is 9.44. The Morgan fingerprint density at radius 3 is 1.59 bits per heavy atom. The minimum absolute atomic E-state index is 0.826. The third kappa shape index (κ3) is 3.36. The molecule has 0 radical (unpaired) electrons. The third-order valence-electron chi connectivity index (χ3n) is 9.68. The van der Waals surface area contributed by atoms with Gasteiger partial charge >= 0.3 is 0 Å². The summed E-state index contributed by atoms with van der Waals surface area (Å²) in [4.78, 5) is 0. The summed E-state index contributed by atoms with van der Waals surface area (Å²) in [5.74, 6) is 0. The Balaban J connectivity index is 1.43. The average Bonchev–Trinajstić information content (AvgIpc) is 3.61. The molecule has 0 aliphatic carbocycles. The van der Waals surface area contributed by atoms with Crippen LogP contribution >= 0.6 is 7.29 Å². The molecule has 1 atom stereocenters. The maximum absolute atomic E-state index is 16.3. The second-order valence-electron chi connectivity index (χ2n) is 12.1. The Kier molecular flexibility index (Phi) is 5.27. The van der Waals surface area contributed by atoms with E-state index < -0.39 is 7.29 Å². The highest BCUT2D eigenvalue weighted by Gasteiger charge is 2.39. The molecule has 216 valence electrons. The zero-order valence-electron chi connectivity index (χ0n) is 24.8. The molecule has 0 amide bonds. The Morgan fingerprint density at radius 1 is 0.413 bits per heavy atom. The molecule has 46 heavy (non-hydrogen) atoms. The van der Waals surface area contributed by atoms with Crippen LogP contribution in [-0.2, 0) is 4.57 Å². The largest absolute Gasteiger partial charge is 0.306 e. The molecule has 3 nitrogen and oxygen atoms in total. The number of para-hydroxylation sites is 1.